The Kier molecular flexibility index (Phi) is 6.22. The SMILES string of the molecule is CCn1c(COc2ccc(Cl)cc2C)nnc1SCc1ccccc1C. The first-order valence-electron chi connectivity index (χ1n) is 8.56. The van der Waals surface area contributed by atoms with E-state index in [-0.39, 0.29) is 0 Å². The lowest BCUT2D eigenvalue weighted by Gasteiger charge is -2.11. The Labute approximate surface area is 163 Å². The lowest BCUT2D eigenvalue weighted by Crippen LogP contribution is -2.07. The molecule has 0 aliphatic carbocycles. The predicted molar refractivity (Wildman–Crippen MR) is 107 cm³/mol. The summed E-state index contributed by atoms with van der Waals surface area (Å²) in [5.74, 6) is 2.52. The van der Waals surface area contributed by atoms with Crippen LogP contribution in [0.5, 0.6) is 5.75 Å². The van der Waals surface area contributed by atoms with Crippen molar-refractivity contribution in [3.8, 4) is 5.75 Å². The molecule has 0 bridgehead atoms. The van der Waals surface area contributed by atoms with Gasteiger partial charge in [0, 0.05) is 17.3 Å². The topological polar surface area (TPSA) is 39.9 Å². The monoisotopic (exact) mass is 387 g/mol. The van der Waals surface area contributed by atoms with Crippen molar-refractivity contribution in [1.29, 1.82) is 0 Å². The van der Waals surface area contributed by atoms with Gasteiger partial charge in [0.15, 0.2) is 11.0 Å². The van der Waals surface area contributed by atoms with Crippen LogP contribution >= 0.6 is 23.4 Å². The Balaban J connectivity index is 1.68. The third kappa shape index (κ3) is 4.40. The molecule has 3 aromatic rings. The average Bonchev–Trinajstić information content (AvgIpc) is 3.02. The van der Waals surface area contributed by atoms with Crippen LogP contribution in [0.25, 0.3) is 0 Å². The highest BCUT2D eigenvalue weighted by Crippen LogP contribution is 2.25. The van der Waals surface area contributed by atoms with Crippen LogP contribution in [0.2, 0.25) is 5.02 Å². The molecule has 0 N–H and O–H groups in total. The van der Waals surface area contributed by atoms with E-state index in [0.717, 1.165) is 34.6 Å². The fourth-order valence-corrected chi connectivity index (χ4v) is 4.01. The van der Waals surface area contributed by atoms with Gasteiger partial charge in [0.05, 0.1) is 0 Å². The van der Waals surface area contributed by atoms with Crippen LogP contribution in [-0.4, -0.2) is 14.8 Å². The number of nitrogens with zero attached hydrogens (tertiary/aromatic N) is 3. The zero-order valence-electron chi connectivity index (χ0n) is 15.2. The zero-order valence-corrected chi connectivity index (χ0v) is 16.8. The van der Waals surface area contributed by atoms with Crippen LogP contribution in [-0.2, 0) is 18.9 Å². The Morgan fingerprint density at radius 3 is 2.62 bits per heavy atom. The highest BCUT2D eigenvalue weighted by atomic mass is 35.5. The van der Waals surface area contributed by atoms with Crippen molar-refractivity contribution in [3.63, 3.8) is 0 Å². The van der Waals surface area contributed by atoms with E-state index in [1.165, 1.54) is 11.1 Å². The Hall–Kier alpha value is -1.98. The molecule has 3 rings (SSSR count). The molecule has 0 spiro atoms. The number of ether oxygens (including phenoxy) is 1. The van der Waals surface area contributed by atoms with Crippen LogP contribution in [0.15, 0.2) is 47.6 Å². The quantitative estimate of drug-likeness (QED) is 0.506. The molecule has 0 amide bonds. The minimum absolute atomic E-state index is 0.383. The number of halogens is 1. The van der Waals surface area contributed by atoms with Crippen molar-refractivity contribution in [1.82, 2.24) is 14.8 Å². The van der Waals surface area contributed by atoms with Gasteiger partial charge in [-0.3, -0.25) is 0 Å². The number of aryl methyl sites for hydroxylation is 2. The maximum Gasteiger partial charge on any atom is 0.191 e. The van der Waals surface area contributed by atoms with E-state index < -0.39 is 0 Å². The van der Waals surface area contributed by atoms with Crippen molar-refractivity contribution in [3.05, 3.63) is 70.0 Å². The van der Waals surface area contributed by atoms with E-state index in [0.29, 0.717) is 11.6 Å². The Morgan fingerprint density at radius 1 is 1.08 bits per heavy atom. The van der Waals surface area contributed by atoms with E-state index >= 15 is 0 Å². The van der Waals surface area contributed by atoms with Gasteiger partial charge >= 0.3 is 0 Å². The summed E-state index contributed by atoms with van der Waals surface area (Å²) < 4.78 is 8.03. The van der Waals surface area contributed by atoms with E-state index in [1.807, 2.05) is 25.1 Å². The van der Waals surface area contributed by atoms with Crippen LogP contribution in [0, 0.1) is 13.8 Å². The highest BCUT2D eigenvalue weighted by molar-refractivity contribution is 7.98. The summed E-state index contributed by atoms with van der Waals surface area (Å²) in [4.78, 5) is 0. The standard InChI is InChI=1S/C20H22ClN3OS/c1-4-24-19(12-25-18-10-9-17(21)11-15(18)3)22-23-20(24)26-13-16-8-6-5-7-14(16)2/h5-11H,4,12-13H2,1-3H3. The number of aromatic nitrogens is 3. The Bertz CT molecular complexity index is 895. The molecule has 1 heterocycles. The molecule has 4 nitrogen and oxygen atoms in total. The molecule has 0 unspecified atom stereocenters. The molecule has 2 aromatic carbocycles. The summed E-state index contributed by atoms with van der Waals surface area (Å²) in [6.07, 6.45) is 0. The summed E-state index contributed by atoms with van der Waals surface area (Å²) in [5.41, 5.74) is 3.62. The highest BCUT2D eigenvalue weighted by Gasteiger charge is 2.13. The molecule has 0 aliphatic heterocycles. The third-order valence-electron chi connectivity index (χ3n) is 4.22. The number of hydrogen-bond donors (Lipinski definition) is 0. The minimum atomic E-state index is 0.383. The fraction of sp³-hybridized carbons (Fsp3) is 0.300. The second-order valence-corrected chi connectivity index (χ2v) is 7.44. The maximum absolute atomic E-state index is 6.00. The normalized spacial score (nSPS) is 10.9. The van der Waals surface area contributed by atoms with Gasteiger partial charge in [-0.1, -0.05) is 47.6 Å². The lowest BCUT2D eigenvalue weighted by atomic mass is 10.1. The first-order valence-corrected chi connectivity index (χ1v) is 9.93. The van der Waals surface area contributed by atoms with Gasteiger partial charge in [0.1, 0.15) is 12.4 Å². The second kappa shape index (κ2) is 8.60. The van der Waals surface area contributed by atoms with E-state index in [1.54, 1.807) is 11.8 Å². The van der Waals surface area contributed by atoms with Crippen LogP contribution in [0.4, 0.5) is 0 Å². The van der Waals surface area contributed by atoms with E-state index in [4.69, 9.17) is 16.3 Å². The largest absolute Gasteiger partial charge is 0.485 e. The van der Waals surface area contributed by atoms with E-state index in [2.05, 4.69) is 52.9 Å². The van der Waals surface area contributed by atoms with Crippen LogP contribution in [0.3, 0.4) is 0 Å². The first kappa shape index (κ1) is 18.8. The molecule has 6 heteroatoms. The molecular formula is C20H22ClN3OS. The summed E-state index contributed by atoms with van der Waals surface area (Å²) in [6, 6.07) is 14.0. The van der Waals surface area contributed by atoms with Crippen molar-refractivity contribution < 1.29 is 4.74 Å². The van der Waals surface area contributed by atoms with Gasteiger partial charge in [-0.15, -0.1) is 10.2 Å². The van der Waals surface area contributed by atoms with Gasteiger partial charge in [-0.05, 0) is 55.7 Å². The molecule has 26 heavy (non-hydrogen) atoms. The predicted octanol–water partition coefficient (Wildman–Crippen LogP) is 5.44. The van der Waals surface area contributed by atoms with Gasteiger partial charge in [-0.2, -0.15) is 0 Å². The summed E-state index contributed by atoms with van der Waals surface area (Å²) in [6.45, 7) is 7.40. The smallest absolute Gasteiger partial charge is 0.191 e. The second-order valence-electron chi connectivity index (χ2n) is 6.06. The number of hydrogen-bond acceptors (Lipinski definition) is 4. The molecule has 0 aliphatic rings. The third-order valence-corrected chi connectivity index (χ3v) is 5.47. The molecule has 0 fully saturated rings. The van der Waals surface area contributed by atoms with Crippen molar-refractivity contribution >= 4 is 23.4 Å². The van der Waals surface area contributed by atoms with Crippen molar-refractivity contribution in [2.75, 3.05) is 0 Å². The van der Waals surface area contributed by atoms with Gasteiger partial charge in [-0.25, -0.2) is 0 Å². The summed E-state index contributed by atoms with van der Waals surface area (Å²) >= 11 is 7.70. The van der Waals surface area contributed by atoms with Crippen LogP contribution < -0.4 is 4.74 Å². The zero-order chi connectivity index (χ0) is 18.5. The van der Waals surface area contributed by atoms with Gasteiger partial charge < -0.3 is 9.30 Å². The molecular weight excluding hydrogens is 366 g/mol. The van der Waals surface area contributed by atoms with E-state index in [9.17, 15) is 0 Å². The number of rotatable bonds is 7. The number of thioether (sulfide) groups is 1. The summed E-state index contributed by atoms with van der Waals surface area (Å²) in [5, 5.41) is 10.3. The van der Waals surface area contributed by atoms with Gasteiger partial charge in [0.25, 0.3) is 0 Å². The van der Waals surface area contributed by atoms with Crippen LogP contribution in [0.1, 0.15) is 29.4 Å². The lowest BCUT2D eigenvalue weighted by molar-refractivity contribution is 0.286. The summed E-state index contributed by atoms with van der Waals surface area (Å²) in [7, 11) is 0. The molecule has 0 saturated carbocycles. The molecule has 0 saturated heterocycles. The minimum Gasteiger partial charge on any atom is -0.485 e. The molecule has 136 valence electrons. The average molecular weight is 388 g/mol. The maximum atomic E-state index is 6.00. The van der Waals surface area contributed by atoms with Gasteiger partial charge in [0.2, 0.25) is 0 Å². The fourth-order valence-electron chi connectivity index (χ4n) is 2.68. The number of benzene rings is 2. The molecule has 1 aromatic heterocycles. The van der Waals surface area contributed by atoms with Crippen molar-refractivity contribution in [2.24, 2.45) is 0 Å². The Morgan fingerprint density at radius 2 is 1.88 bits per heavy atom. The first-order chi connectivity index (χ1) is 12.6. The molecule has 0 atom stereocenters. The molecule has 0 radical (unpaired) electrons. The van der Waals surface area contributed by atoms with Crippen molar-refractivity contribution in [2.45, 2.75) is 44.8 Å².